The number of hydrogen-bond acceptors (Lipinski definition) is 3. The van der Waals surface area contributed by atoms with Gasteiger partial charge in [-0.1, -0.05) is 90.4 Å². The Labute approximate surface area is 152 Å². The normalized spacial score (nSPS) is 11.3. The van der Waals surface area contributed by atoms with Gasteiger partial charge in [0, 0.05) is 6.42 Å². The molecule has 0 amide bonds. The van der Waals surface area contributed by atoms with Gasteiger partial charge in [-0.15, -0.1) is 0 Å². The van der Waals surface area contributed by atoms with Gasteiger partial charge in [-0.2, -0.15) is 0 Å². The van der Waals surface area contributed by atoms with Crippen LogP contribution < -0.4 is 0 Å². The van der Waals surface area contributed by atoms with E-state index in [-0.39, 0.29) is 23.8 Å². The number of aliphatic hydroxyl groups is 2. The van der Waals surface area contributed by atoms with Gasteiger partial charge < -0.3 is 15.3 Å². The highest BCUT2D eigenvalue weighted by Gasteiger charge is 2.31. The molecular weight excluding hydrogens is 307 g/mol. The van der Waals surface area contributed by atoms with Crippen molar-refractivity contribution in [2.75, 3.05) is 0 Å². The molecule has 0 radical (unpaired) electrons. The van der Waals surface area contributed by atoms with Crippen LogP contribution in [-0.4, -0.2) is 44.4 Å². The Hall–Kier alpha value is -0.0775. The van der Waals surface area contributed by atoms with Gasteiger partial charge in [0.25, 0.3) is 5.79 Å². The standard InChI is InChI=1S/C18H36O4.Al.3H/c1-2-3-4-5-6-7-8-9-10-11-12-13-14-15-16-18(21,22)17(19)20;;;;/h21-22H,2-16H2,1H3,(H,19,20);;;;. The number of aliphatic carboxylic acids is 1. The Morgan fingerprint density at radius 1 is 0.696 bits per heavy atom. The van der Waals surface area contributed by atoms with E-state index in [9.17, 15) is 4.79 Å². The van der Waals surface area contributed by atoms with Gasteiger partial charge in [-0.25, -0.2) is 4.79 Å². The molecular formula is C18H39AlO4. The maximum absolute atomic E-state index is 10.5. The van der Waals surface area contributed by atoms with Crippen molar-refractivity contribution in [1.82, 2.24) is 0 Å². The molecule has 0 unspecified atom stereocenters. The first-order valence-corrected chi connectivity index (χ1v) is 9.19. The number of carbonyl (C=O) groups is 1. The number of hydrogen-bond donors (Lipinski definition) is 3. The van der Waals surface area contributed by atoms with Gasteiger partial charge >= 0.3 is 5.97 Å². The first-order valence-electron chi connectivity index (χ1n) is 9.19. The zero-order valence-corrected chi connectivity index (χ0v) is 14.4. The molecule has 0 spiro atoms. The van der Waals surface area contributed by atoms with E-state index in [0.717, 1.165) is 19.3 Å². The lowest BCUT2D eigenvalue weighted by Crippen LogP contribution is -2.37. The fraction of sp³-hybridized carbons (Fsp3) is 0.944. The van der Waals surface area contributed by atoms with Crippen LogP contribution in [0.2, 0.25) is 0 Å². The van der Waals surface area contributed by atoms with Crippen LogP contribution in [0.4, 0.5) is 0 Å². The highest BCUT2D eigenvalue weighted by molar-refractivity contribution is 5.75. The molecule has 0 rings (SSSR count). The van der Waals surface area contributed by atoms with Crippen LogP contribution in [0.25, 0.3) is 0 Å². The minimum Gasteiger partial charge on any atom is -0.477 e. The number of carboxylic acids is 1. The van der Waals surface area contributed by atoms with Crippen molar-refractivity contribution in [3.8, 4) is 0 Å². The summed E-state index contributed by atoms with van der Waals surface area (Å²) in [5, 5.41) is 26.8. The van der Waals surface area contributed by atoms with E-state index in [0.29, 0.717) is 6.42 Å². The van der Waals surface area contributed by atoms with Crippen molar-refractivity contribution in [2.45, 2.75) is 109 Å². The summed E-state index contributed by atoms with van der Waals surface area (Å²) in [5.41, 5.74) is 0. The molecule has 0 aromatic carbocycles. The van der Waals surface area contributed by atoms with Crippen LogP contribution in [0.5, 0.6) is 0 Å². The molecule has 4 nitrogen and oxygen atoms in total. The lowest BCUT2D eigenvalue weighted by molar-refractivity contribution is -0.205. The summed E-state index contributed by atoms with van der Waals surface area (Å²) in [6.07, 6.45) is 17.0. The molecule has 138 valence electrons. The van der Waals surface area contributed by atoms with Gasteiger partial charge in [0.05, 0.1) is 0 Å². The molecule has 0 aliphatic rings. The highest BCUT2D eigenvalue weighted by atomic mass is 27.0. The number of rotatable bonds is 16. The van der Waals surface area contributed by atoms with Crippen LogP contribution in [0.15, 0.2) is 0 Å². The van der Waals surface area contributed by atoms with E-state index in [1.165, 1.54) is 64.2 Å². The third-order valence-corrected chi connectivity index (χ3v) is 4.22. The van der Waals surface area contributed by atoms with E-state index in [1.54, 1.807) is 0 Å². The van der Waals surface area contributed by atoms with Gasteiger partial charge in [0.2, 0.25) is 0 Å². The zero-order valence-electron chi connectivity index (χ0n) is 14.4. The number of unbranched alkanes of at least 4 members (excludes halogenated alkanes) is 13. The molecule has 0 fully saturated rings. The van der Waals surface area contributed by atoms with Gasteiger partial charge in [-0.3, -0.25) is 0 Å². The summed E-state index contributed by atoms with van der Waals surface area (Å²) < 4.78 is 0. The predicted octanol–water partition coefficient (Wildman–Crippen LogP) is 3.44. The van der Waals surface area contributed by atoms with Crippen LogP contribution in [0.3, 0.4) is 0 Å². The summed E-state index contributed by atoms with van der Waals surface area (Å²) in [4.78, 5) is 10.5. The molecule has 0 aromatic rings. The first kappa shape index (κ1) is 25.2. The second-order valence-electron chi connectivity index (χ2n) is 6.47. The van der Waals surface area contributed by atoms with E-state index in [2.05, 4.69) is 6.92 Å². The quantitative estimate of drug-likeness (QED) is 0.227. The van der Waals surface area contributed by atoms with Crippen molar-refractivity contribution in [1.29, 1.82) is 0 Å². The molecule has 0 heterocycles. The Balaban J connectivity index is 0. The van der Waals surface area contributed by atoms with E-state index in [1.807, 2.05) is 0 Å². The van der Waals surface area contributed by atoms with Crippen LogP contribution in [0, 0.1) is 0 Å². The van der Waals surface area contributed by atoms with Gasteiger partial charge in [0.1, 0.15) is 0 Å². The Morgan fingerprint density at radius 2 is 1.00 bits per heavy atom. The van der Waals surface area contributed by atoms with Crippen LogP contribution in [-0.2, 0) is 4.79 Å². The first-order chi connectivity index (χ1) is 10.5. The van der Waals surface area contributed by atoms with Crippen molar-refractivity contribution in [2.24, 2.45) is 0 Å². The lowest BCUT2D eigenvalue weighted by Gasteiger charge is -2.15. The summed E-state index contributed by atoms with van der Waals surface area (Å²) in [5.74, 6) is -4.10. The summed E-state index contributed by atoms with van der Waals surface area (Å²) >= 11 is 0. The van der Waals surface area contributed by atoms with Crippen LogP contribution in [0.1, 0.15) is 103 Å². The fourth-order valence-electron chi connectivity index (χ4n) is 2.67. The summed E-state index contributed by atoms with van der Waals surface area (Å²) in [6.45, 7) is 2.25. The number of carboxylic acid groups (broad SMARTS) is 1. The van der Waals surface area contributed by atoms with Gasteiger partial charge in [-0.05, 0) is 6.42 Å². The molecule has 5 heteroatoms. The van der Waals surface area contributed by atoms with Gasteiger partial charge in [0.15, 0.2) is 17.4 Å². The molecule has 0 saturated heterocycles. The van der Waals surface area contributed by atoms with Crippen molar-refractivity contribution < 1.29 is 20.1 Å². The van der Waals surface area contributed by atoms with E-state index < -0.39 is 11.8 Å². The molecule has 0 atom stereocenters. The zero-order chi connectivity index (χ0) is 16.7. The third kappa shape index (κ3) is 16.6. The molecule has 0 saturated carbocycles. The Kier molecular flexibility index (Phi) is 18.3. The van der Waals surface area contributed by atoms with E-state index in [4.69, 9.17) is 15.3 Å². The van der Waals surface area contributed by atoms with Crippen molar-refractivity contribution in [3.63, 3.8) is 0 Å². The van der Waals surface area contributed by atoms with E-state index >= 15 is 0 Å². The highest BCUT2D eigenvalue weighted by Crippen LogP contribution is 2.15. The SMILES string of the molecule is CCCCCCCCCCCCCCCCC(O)(O)C(=O)O.[AlH3]. The molecule has 3 N–H and O–H groups in total. The molecule has 23 heavy (non-hydrogen) atoms. The van der Waals surface area contributed by atoms with Crippen molar-refractivity contribution in [3.05, 3.63) is 0 Å². The third-order valence-electron chi connectivity index (χ3n) is 4.22. The summed E-state index contributed by atoms with van der Waals surface area (Å²) in [7, 11) is 0. The smallest absolute Gasteiger partial charge is 0.364 e. The predicted molar refractivity (Wildman–Crippen MR) is 99.7 cm³/mol. The second-order valence-corrected chi connectivity index (χ2v) is 6.47. The fourth-order valence-corrected chi connectivity index (χ4v) is 2.67. The molecule has 0 aliphatic heterocycles. The van der Waals surface area contributed by atoms with Crippen molar-refractivity contribution >= 4 is 23.3 Å². The van der Waals surface area contributed by atoms with Crippen LogP contribution >= 0.6 is 0 Å². The maximum Gasteiger partial charge on any atom is 0.364 e. The molecule has 0 aromatic heterocycles. The average Bonchev–Trinajstić information content (AvgIpc) is 2.47. The Bertz CT molecular complexity index is 270. The lowest BCUT2D eigenvalue weighted by atomic mass is 10.0. The minimum absolute atomic E-state index is 0. The monoisotopic (exact) mass is 346 g/mol. The summed E-state index contributed by atoms with van der Waals surface area (Å²) in [6, 6.07) is 0. The maximum atomic E-state index is 10.5. The largest absolute Gasteiger partial charge is 0.477 e. The molecule has 0 bridgehead atoms. The average molecular weight is 346 g/mol. The minimum atomic E-state index is -2.54. The Morgan fingerprint density at radius 3 is 1.30 bits per heavy atom. The second kappa shape index (κ2) is 16.8. The topological polar surface area (TPSA) is 77.8 Å². The molecule has 0 aliphatic carbocycles.